The molecule has 2 rings (SSSR count). The molecule has 2 nitrogen and oxygen atoms in total. The van der Waals surface area contributed by atoms with Crippen LogP contribution in [0.25, 0.3) is 0 Å². The van der Waals surface area contributed by atoms with Crippen molar-refractivity contribution in [2.75, 3.05) is 19.6 Å². The van der Waals surface area contributed by atoms with Gasteiger partial charge in [-0.05, 0) is 44.7 Å². The van der Waals surface area contributed by atoms with Gasteiger partial charge in [-0.2, -0.15) is 0 Å². The molecular formula is C12H24N2. The fraction of sp³-hybridized carbons (Fsp3) is 1.00. The van der Waals surface area contributed by atoms with Gasteiger partial charge in [-0.3, -0.25) is 4.90 Å². The highest BCUT2D eigenvalue weighted by atomic mass is 15.2. The Balaban J connectivity index is 2.14. The smallest absolute Gasteiger partial charge is 0.0359 e. The van der Waals surface area contributed by atoms with E-state index >= 15 is 0 Å². The molecule has 1 saturated heterocycles. The first-order chi connectivity index (χ1) is 6.83. The Bertz CT molecular complexity index is 187. The highest BCUT2D eigenvalue weighted by Crippen LogP contribution is 2.42. The summed E-state index contributed by atoms with van der Waals surface area (Å²) in [6, 6.07) is 0. The fourth-order valence-electron chi connectivity index (χ4n) is 3.69. The van der Waals surface area contributed by atoms with Gasteiger partial charge in [0.05, 0.1) is 0 Å². The summed E-state index contributed by atoms with van der Waals surface area (Å²) in [5, 5.41) is 0. The van der Waals surface area contributed by atoms with Crippen LogP contribution in [0.2, 0.25) is 0 Å². The molecule has 1 heterocycles. The summed E-state index contributed by atoms with van der Waals surface area (Å²) in [6.07, 6.45) is 8.24. The lowest BCUT2D eigenvalue weighted by atomic mass is 9.83. The van der Waals surface area contributed by atoms with E-state index in [9.17, 15) is 0 Å². The molecule has 14 heavy (non-hydrogen) atoms. The highest BCUT2D eigenvalue weighted by molar-refractivity contribution is 5.02. The third-order valence-corrected chi connectivity index (χ3v) is 4.50. The van der Waals surface area contributed by atoms with Crippen LogP contribution in [0.5, 0.6) is 0 Å². The number of nitrogens with zero attached hydrogens (tertiary/aromatic N) is 1. The van der Waals surface area contributed by atoms with Crippen LogP contribution < -0.4 is 5.73 Å². The molecule has 2 unspecified atom stereocenters. The van der Waals surface area contributed by atoms with Gasteiger partial charge in [-0.1, -0.05) is 19.8 Å². The molecule has 0 spiro atoms. The first kappa shape index (κ1) is 10.4. The maximum Gasteiger partial charge on any atom is 0.0359 e. The summed E-state index contributed by atoms with van der Waals surface area (Å²) in [5.74, 6) is 0.866. The first-order valence-electron chi connectivity index (χ1n) is 6.28. The first-order valence-corrected chi connectivity index (χ1v) is 6.28. The molecule has 1 aliphatic heterocycles. The predicted molar refractivity (Wildman–Crippen MR) is 60.2 cm³/mol. The minimum absolute atomic E-state index is 0.394. The average Bonchev–Trinajstić information content (AvgIpc) is 2.86. The third-order valence-electron chi connectivity index (χ3n) is 4.50. The van der Waals surface area contributed by atoms with E-state index in [4.69, 9.17) is 5.73 Å². The van der Waals surface area contributed by atoms with Crippen molar-refractivity contribution in [1.29, 1.82) is 0 Å². The van der Waals surface area contributed by atoms with Gasteiger partial charge in [-0.15, -0.1) is 0 Å². The number of hydrogen-bond donors (Lipinski definition) is 1. The Morgan fingerprint density at radius 3 is 2.57 bits per heavy atom. The lowest BCUT2D eigenvalue weighted by Gasteiger charge is -2.42. The maximum atomic E-state index is 6.07. The van der Waals surface area contributed by atoms with E-state index in [-0.39, 0.29) is 0 Å². The Hall–Kier alpha value is -0.0800. The normalized spacial score (nSPS) is 39.4. The largest absolute Gasteiger partial charge is 0.329 e. The van der Waals surface area contributed by atoms with Crippen molar-refractivity contribution in [3.8, 4) is 0 Å². The van der Waals surface area contributed by atoms with Gasteiger partial charge in [0.25, 0.3) is 0 Å². The minimum Gasteiger partial charge on any atom is -0.329 e. The van der Waals surface area contributed by atoms with Gasteiger partial charge in [0.1, 0.15) is 0 Å². The van der Waals surface area contributed by atoms with Crippen molar-refractivity contribution in [3.05, 3.63) is 0 Å². The summed E-state index contributed by atoms with van der Waals surface area (Å²) in [4.78, 5) is 2.70. The molecular weight excluding hydrogens is 172 g/mol. The van der Waals surface area contributed by atoms with Crippen LogP contribution in [0, 0.1) is 5.92 Å². The molecule has 2 aliphatic rings. The van der Waals surface area contributed by atoms with Crippen LogP contribution in [0.3, 0.4) is 0 Å². The van der Waals surface area contributed by atoms with Crippen molar-refractivity contribution in [3.63, 3.8) is 0 Å². The number of hydrogen-bond acceptors (Lipinski definition) is 2. The van der Waals surface area contributed by atoms with Crippen LogP contribution >= 0.6 is 0 Å². The van der Waals surface area contributed by atoms with E-state index in [1.807, 2.05) is 0 Å². The van der Waals surface area contributed by atoms with E-state index in [0.29, 0.717) is 5.54 Å². The molecule has 0 radical (unpaired) electrons. The fourth-order valence-corrected chi connectivity index (χ4v) is 3.69. The summed E-state index contributed by atoms with van der Waals surface area (Å²) in [6.45, 7) is 5.81. The molecule has 2 N–H and O–H groups in total. The number of rotatable bonds is 3. The van der Waals surface area contributed by atoms with E-state index in [1.54, 1.807) is 0 Å². The van der Waals surface area contributed by atoms with Crippen LogP contribution in [-0.4, -0.2) is 30.1 Å². The zero-order chi connectivity index (χ0) is 10.0. The Labute approximate surface area is 87.8 Å². The quantitative estimate of drug-likeness (QED) is 0.748. The predicted octanol–water partition coefficient (Wildman–Crippen LogP) is 1.99. The van der Waals surface area contributed by atoms with Crippen LogP contribution in [0.1, 0.15) is 45.4 Å². The second-order valence-corrected chi connectivity index (χ2v) is 5.00. The maximum absolute atomic E-state index is 6.07. The van der Waals surface area contributed by atoms with Gasteiger partial charge in [0.2, 0.25) is 0 Å². The van der Waals surface area contributed by atoms with Crippen molar-refractivity contribution < 1.29 is 0 Å². The Kier molecular flexibility index (Phi) is 3.13. The molecule has 2 fully saturated rings. The zero-order valence-electron chi connectivity index (χ0n) is 9.47. The molecule has 0 aromatic rings. The molecule has 82 valence electrons. The standard InChI is InChI=1S/C12H24N2/c1-2-11-6-5-7-12(11,10-13)14-8-3-4-9-14/h11H,2-10,13H2,1H3. The highest BCUT2D eigenvalue weighted by Gasteiger charge is 2.45. The molecule has 2 heteroatoms. The Morgan fingerprint density at radius 2 is 2.00 bits per heavy atom. The zero-order valence-corrected chi connectivity index (χ0v) is 9.47. The molecule has 0 aromatic carbocycles. The second kappa shape index (κ2) is 4.19. The van der Waals surface area contributed by atoms with Gasteiger partial charge in [0.15, 0.2) is 0 Å². The monoisotopic (exact) mass is 196 g/mol. The van der Waals surface area contributed by atoms with Crippen LogP contribution in [0.4, 0.5) is 0 Å². The molecule has 0 amide bonds. The average molecular weight is 196 g/mol. The molecule has 2 atom stereocenters. The lowest BCUT2D eigenvalue weighted by Crippen LogP contribution is -2.55. The molecule has 0 aromatic heterocycles. The van der Waals surface area contributed by atoms with Crippen LogP contribution in [0.15, 0.2) is 0 Å². The van der Waals surface area contributed by atoms with Gasteiger partial charge in [0, 0.05) is 12.1 Å². The van der Waals surface area contributed by atoms with E-state index in [0.717, 1.165) is 12.5 Å². The summed E-state index contributed by atoms with van der Waals surface area (Å²) >= 11 is 0. The lowest BCUT2D eigenvalue weighted by molar-refractivity contribution is 0.0799. The Morgan fingerprint density at radius 1 is 1.29 bits per heavy atom. The summed E-state index contributed by atoms with van der Waals surface area (Å²) in [5.41, 5.74) is 6.47. The summed E-state index contributed by atoms with van der Waals surface area (Å²) in [7, 11) is 0. The van der Waals surface area contributed by atoms with E-state index in [1.165, 1.54) is 51.6 Å². The summed E-state index contributed by atoms with van der Waals surface area (Å²) < 4.78 is 0. The SMILES string of the molecule is CCC1CCCC1(CN)N1CCCC1. The van der Waals surface area contributed by atoms with Gasteiger partial charge >= 0.3 is 0 Å². The number of nitrogens with two attached hydrogens (primary N) is 1. The molecule has 1 saturated carbocycles. The molecule has 1 aliphatic carbocycles. The second-order valence-electron chi connectivity index (χ2n) is 5.00. The van der Waals surface area contributed by atoms with Crippen molar-refractivity contribution >= 4 is 0 Å². The van der Waals surface area contributed by atoms with Crippen molar-refractivity contribution in [2.45, 2.75) is 51.0 Å². The topological polar surface area (TPSA) is 29.3 Å². The number of likely N-dealkylation sites (tertiary alicyclic amines) is 1. The van der Waals surface area contributed by atoms with Gasteiger partial charge < -0.3 is 5.73 Å². The van der Waals surface area contributed by atoms with Gasteiger partial charge in [-0.25, -0.2) is 0 Å². The van der Waals surface area contributed by atoms with E-state index in [2.05, 4.69) is 11.8 Å². The third kappa shape index (κ3) is 1.49. The van der Waals surface area contributed by atoms with E-state index < -0.39 is 0 Å². The van der Waals surface area contributed by atoms with Crippen LogP contribution in [-0.2, 0) is 0 Å². The minimum atomic E-state index is 0.394. The molecule has 0 bridgehead atoms. The van der Waals surface area contributed by atoms with Crippen molar-refractivity contribution in [2.24, 2.45) is 11.7 Å². The van der Waals surface area contributed by atoms with Crippen molar-refractivity contribution in [1.82, 2.24) is 4.90 Å².